The Morgan fingerprint density at radius 3 is 2.88 bits per heavy atom. The number of pyridine rings is 1. The lowest BCUT2D eigenvalue weighted by atomic mass is 10.4. The van der Waals surface area contributed by atoms with Crippen molar-refractivity contribution in [2.24, 2.45) is 0 Å². The standard InChI is InChI=1S/C10H10N4O3/c1-17-9-3-2-6(5-11-9)12-10-13-7(15)4-8(16)14-10/h2-5H,1H3,(H3,12,13,14,15,16). The molecule has 0 saturated heterocycles. The minimum Gasteiger partial charge on any atom is -0.493 e. The summed E-state index contributed by atoms with van der Waals surface area (Å²) in [6.07, 6.45) is 1.52. The zero-order chi connectivity index (χ0) is 12.3. The molecule has 0 aromatic carbocycles. The number of aromatic amines is 1. The quantitative estimate of drug-likeness (QED) is 0.720. The summed E-state index contributed by atoms with van der Waals surface area (Å²) in [6.45, 7) is 0. The molecule has 0 aliphatic rings. The minimum atomic E-state index is -0.443. The maximum Gasteiger partial charge on any atom is 0.256 e. The van der Waals surface area contributed by atoms with Gasteiger partial charge in [-0.15, -0.1) is 0 Å². The van der Waals surface area contributed by atoms with E-state index in [4.69, 9.17) is 9.84 Å². The average Bonchev–Trinajstić information content (AvgIpc) is 2.28. The molecule has 3 N–H and O–H groups in total. The normalized spacial score (nSPS) is 9.94. The number of aromatic hydroxyl groups is 1. The summed E-state index contributed by atoms with van der Waals surface area (Å²) < 4.78 is 4.91. The number of ether oxygens (including phenoxy) is 1. The molecule has 0 saturated carbocycles. The van der Waals surface area contributed by atoms with Gasteiger partial charge in [-0.25, -0.2) is 4.98 Å². The van der Waals surface area contributed by atoms with E-state index < -0.39 is 5.56 Å². The molecular weight excluding hydrogens is 224 g/mol. The summed E-state index contributed by atoms with van der Waals surface area (Å²) in [5.74, 6) is 0.271. The van der Waals surface area contributed by atoms with Crippen molar-refractivity contribution in [3.05, 3.63) is 34.7 Å². The lowest BCUT2D eigenvalue weighted by molar-refractivity contribution is 0.398. The van der Waals surface area contributed by atoms with Gasteiger partial charge in [0.1, 0.15) is 0 Å². The van der Waals surface area contributed by atoms with Gasteiger partial charge in [-0.2, -0.15) is 4.98 Å². The van der Waals surface area contributed by atoms with Crippen molar-refractivity contribution in [2.45, 2.75) is 0 Å². The number of aromatic nitrogens is 3. The van der Waals surface area contributed by atoms with Crippen LogP contribution < -0.4 is 15.6 Å². The first kappa shape index (κ1) is 10.9. The van der Waals surface area contributed by atoms with Gasteiger partial charge >= 0.3 is 0 Å². The van der Waals surface area contributed by atoms with E-state index in [1.54, 1.807) is 12.1 Å². The topological polar surface area (TPSA) is 100 Å². The fourth-order valence-electron chi connectivity index (χ4n) is 1.22. The minimum absolute atomic E-state index is 0.141. The highest BCUT2D eigenvalue weighted by Crippen LogP contribution is 2.14. The van der Waals surface area contributed by atoms with Gasteiger partial charge < -0.3 is 15.2 Å². The Morgan fingerprint density at radius 1 is 1.47 bits per heavy atom. The molecule has 0 bridgehead atoms. The third-order valence-corrected chi connectivity index (χ3v) is 1.94. The highest BCUT2D eigenvalue weighted by molar-refractivity contribution is 5.52. The van der Waals surface area contributed by atoms with Crippen molar-refractivity contribution in [3.8, 4) is 11.8 Å². The molecule has 0 atom stereocenters. The lowest BCUT2D eigenvalue weighted by Crippen LogP contribution is -2.08. The molecule has 17 heavy (non-hydrogen) atoms. The Labute approximate surface area is 96.1 Å². The number of hydrogen-bond donors (Lipinski definition) is 3. The van der Waals surface area contributed by atoms with Crippen LogP contribution in [0.2, 0.25) is 0 Å². The molecule has 2 rings (SSSR count). The molecule has 7 heteroatoms. The highest BCUT2D eigenvalue weighted by atomic mass is 16.5. The number of nitrogens with one attached hydrogen (secondary N) is 2. The van der Waals surface area contributed by atoms with Crippen LogP contribution in [0.5, 0.6) is 11.8 Å². The van der Waals surface area contributed by atoms with Gasteiger partial charge in [0.2, 0.25) is 17.7 Å². The molecule has 2 aromatic rings. The van der Waals surface area contributed by atoms with E-state index in [1.165, 1.54) is 13.3 Å². The second kappa shape index (κ2) is 4.52. The van der Waals surface area contributed by atoms with Crippen LogP contribution in [0.3, 0.4) is 0 Å². The molecule has 0 amide bonds. The van der Waals surface area contributed by atoms with E-state index >= 15 is 0 Å². The van der Waals surface area contributed by atoms with Gasteiger partial charge in [-0.3, -0.25) is 9.78 Å². The van der Waals surface area contributed by atoms with E-state index in [1.807, 2.05) is 0 Å². The first-order valence-corrected chi connectivity index (χ1v) is 4.75. The van der Waals surface area contributed by atoms with Crippen molar-refractivity contribution in [3.63, 3.8) is 0 Å². The zero-order valence-corrected chi connectivity index (χ0v) is 8.97. The SMILES string of the molecule is COc1ccc(Nc2nc(O)cc(=O)[nH]2)cn1. The first-order chi connectivity index (χ1) is 8.17. The smallest absolute Gasteiger partial charge is 0.256 e. The molecule has 0 fully saturated rings. The van der Waals surface area contributed by atoms with Gasteiger partial charge in [-0.1, -0.05) is 0 Å². The van der Waals surface area contributed by atoms with Crippen molar-refractivity contribution in [2.75, 3.05) is 12.4 Å². The van der Waals surface area contributed by atoms with E-state index in [2.05, 4.69) is 20.3 Å². The molecule has 7 nitrogen and oxygen atoms in total. The lowest BCUT2D eigenvalue weighted by Gasteiger charge is -2.05. The Kier molecular flexibility index (Phi) is 2.91. The highest BCUT2D eigenvalue weighted by Gasteiger charge is 2.01. The van der Waals surface area contributed by atoms with E-state index in [0.29, 0.717) is 11.6 Å². The van der Waals surface area contributed by atoms with Crippen LogP contribution in [0.4, 0.5) is 11.6 Å². The number of anilines is 2. The molecule has 2 heterocycles. The van der Waals surface area contributed by atoms with Crippen molar-refractivity contribution < 1.29 is 9.84 Å². The monoisotopic (exact) mass is 234 g/mol. The van der Waals surface area contributed by atoms with Crippen molar-refractivity contribution in [1.29, 1.82) is 0 Å². The van der Waals surface area contributed by atoms with E-state index in [9.17, 15) is 4.79 Å². The number of methoxy groups -OCH3 is 1. The van der Waals surface area contributed by atoms with Crippen LogP contribution >= 0.6 is 0 Å². The summed E-state index contributed by atoms with van der Waals surface area (Å²) >= 11 is 0. The fraction of sp³-hybridized carbons (Fsp3) is 0.100. The van der Waals surface area contributed by atoms with E-state index in [0.717, 1.165) is 6.07 Å². The molecule has 88 valence electrons. The third kappa shape index (κ3) is 2.71. The molecule has 0 radical (unpaired) electrons. The Morgan fingerprint density at radius 2 is 2.29 bits per heavy atom. The van der Waals surface area contributed by atoms with Crippen LogP contribution in [-0.4, -0.2) is 27.2 Å². The maximum absolute atomic E-state index is 11.1. The van der Waals surface area contributed by atoms with Crippen LogP contribution in [-0.2, 0) is 0 Å². The number of H-pyrrole nitrogens is 1. The average molecular weight is 234 g/mol. The fourth-order valence-corrected chi connectivity index (χ4v) is 1.22. The number of nitrogens with zero attached hydrogens (tertiary/aromatic N) is 2. The van der Waals surface area contributed by atoms with Crippen LogP contribution in [0.25, 0.3) is 0 Å². The van der Waals surface area contributed by atoms with Crippen LogP contribution in [0, 0.1) is 0 Å². The largest absolute Gasteiger partial charge is 0.493 e. The van der Waals surface area contributed by atoms with Crippen molar-refractivity contribution >= 4 is 11.6 Å². The number of rotatable bonds is 3. The molecule has 2 aromatic heterocycles. The van der Waals surface area contributed by atoms with Crippen molar-refractivity contribution in [1.82, 2.24) is 15.0 Å². The summed E-state index contributed by atoms with van der Waals surface area (Å²) in [7, 11) is 1.52. The molecule has 0 aliphatic heterocycles. The van der Waals surface area contributed by atoms with Gasteiger partial charge in [-0.05, 0) is 6.07 Å². The summed E-state index contributed by atoms with van der Waals surface area (Å²) in [5.41, 5.74) is 0.168. The van der Waals surface area contributed by atoms with E-state index in [-0.39, 0.29) is 11.8 Å². The third-order valence-electron chi connectivity index (χ3n) is 1.94. The van der Waals surface area contributed by atoms with Gasteiger partial charge in [0, 0.05) is 6.07 Å². The second-order valence-corrected chi connectivity index (χ2v) is 3.17. The van der Waals surface area contributed by atoms with Gasteiger partial charge in [0.05, 0.1) is 25.1 Å². The predicted molar refractivity (Wildman–Crippen MR) is 60.6 cm³/mol. The van der Waals surface area contributed by atoms with Gasteiger partial charge in [0.15, 0.2) is 0 Å². The van der Waals surface area contributed by atoms with Crippen LogP contribution in [0.15, 0.2) is 29.2 Å². The first-order valence-electron chi connectivity index (χ1n) is 4.75. The zero-order valence-electron chi connectivity index (χ0n) is 8.97. The predicted octanol–water partition coefficient (Wildman–Crippen LogP) is 0.623. The Hall–Kier alpha value is -2.57. The Bertz CT molecular complexity index is 565. The number of hydrogen-bond acceptors (Lipinski definition) is 6. The summed E-state index contributed by atoms with van der Waals surface area (Å²) in [6, 6.07) is 4.34. The molecule has 0 unspecified atom stereocenters. The molecule has 0 spiro atoms. The summed E-state index contributed by atoms with van der Waals surface area (Å²) in [4.78, 5) is 21.2. The maximum atomic E-state index is 11.1. The van der Waals surface area contributed by atoms with Gasteiger partial charge in [0.25, 0.3) is 5.56 Å². The Balaban J connectivity index is 2.22. The second-order valence-electron chi connectivity index (χ2n) is 3.17. The molecular formula is C10H10N4O3. The van der Waals surface area contributed by atoms with Crippen LogP contribution in [0.1, 0.15) is 0 Å². The molecule has 0 aliphatic carbocycles. The summed E-state index contributed by atoms with van der Waals surface area (Å²) in [5, 5.41) is 11.9.